The fourth-order valence-electron chi connectivity index (χ4n) is 1.57. The Morgan fingerprint density at radius 2 is 1.37 bits per heavy atom. The van der Waals surface area contributed by atoms with E-state index < -0.39 is 5.97 Å². The first kappa shape index (κ1) is 17.4. The number of ketones is 1. The first-order valence-corrected chi connectivity index (χ1v) is 6.63. The molecular formula is C16H24O3. The van der Waals surface area contributed by atoms with Gasteiger partial charge in [0, 0.05) is 12.8 Å². The minimum Gasteiger partial charge on any atom is -0.478 e. The van der Waals surface area contributed by atoms with Crippen molar-refractivity contribution < 1.29 is 14.7 Å². The highest BCUT2D eigenvalue weighted by Crippen LogP contribution is 2.07. The van der Waals surface area contributed by atoms with Gasteiger partial charge in [-0.25, -0.2) is 4.79 Å². The third kappa shape index (κ3) is 10.0. The molecule has 0 heterocycles. The molecule has 0 spiro atoms. The van der Waals surface area contributed by atoms with Crippen LogP contribution in [-0.4, -0.2) is 16.9 Å². The molecule has 0 aromatic heterocycles. The van der Waals surface area contributed by atoms with Crippen molar-refractivity contribution in [3.63, 3.8) is 0 Å². The zero-order valence-electron chi connectivity index (χ0n) is 12.2. The Morgan fingerprint density at radius 3 is 1.63 bits per heavy atom. The van der Waals surface area contributed by atoms with E-state index in [1.165, 1.54) is 0 Å². The first-order chi connectivity index (χ1) is 8.82. The van der Waals surface area contributed by atoms with Gasteiger partial charge < -0.3 is 5.11 Å². The second-order valence-electron chi connectivity index (χ2n) is 5.41. The molecule has 3 nitrogen and oxygen atoms in total. The molecule has 0 aliphatic heterocycles. The summed E-state index contributed by atoms with van der Waals surface area (Å²) in [5.41, 5.74) is 0.331. The van der Waals surface area contributed by atoms with E-state index in [2.05, 4.69) is 27.7 Å². The van der Waals surface area contributed by atoms with Crippen molar-refractivity contribution in [3.8, 4) is 0 Å². The minimum absolute atomic E-state index is 0.331. The van der Waals surface area contributed by atoms with Gasteiger partial charge in [-0.3, -0.25) is 4.79 Å². The highest BCUT2D eigenvalue weighted by Gasteiger charge is 2.06. The Hall–Kier alpha value is -1.64. The molecule has 0 saturated carbocycles. The van der Waals surface area contributed by atoms with Gasteiger partial charge in [-0.1, -0.05) is 45.9 Å². The van der Waals surface area contributed by atoms with Crippen molar-refractivity contribution in [2.75, 3.05) is 0 Å². The maximum absolute atomic E-state index is 11.1. The minimum atomic E-state index is -0.879. The van der Waals surface area contributed by atoms with Gasteiger partial charge in [0.25, 0.3) is 0 Å². The molecule has 1 rings (SSSR count). The SMILES string of the molecule is CC(C)CC(=O)CC(C)C.O=C(O)c1ccccc1. The van der Waals surface area contributed by atoms with Crippen molar-refractivity contribution >= 4 is 11.8 Å². The van der Waals surface area contributed by atoms with Crippen LogP contribution in [0.2, 0.25) is 0 Å². The van der Waals surface area contributed by atoms with Gasteiger partial charge in [0.05, 0.1) is 5.56 Å². The summed E-state index contributed by atoms with van der Waals surface area (Å²) in [5.74, 6) is 0.568. The molecule has 0 aliphatic carbocycles. The number of aromatic carboxylic acids is 1. The topological polar surface area (TPSA) is 54.4 Å². The van der Waals surface area contributed by atoms with Crippen LogP contribution in [-0.2, 0) is 4.79 Å². The quantitative estimate of drug-likeness (QED) is 0.873. The van der Waals surface area contributed by atoms with Gasteiger partial charge in [-0.2, -0.15) is 0 Å². The summed E-state index contributed by atoms with van der Waals surface area (Å²) >= 11 is 0. The van der Waals surface area contributed by atoms with Crippen LogP contribution in [0.1, 0.15) is 50.9 Å². The van der Waals surface area contributed by atoms with Crippen LogP contribution in [0.3, 0.4) is 0 Å². The highest BCUT2D eigenvalue weighted by molar-refractivity contribution is 5.87. The standard InChI is InChI=1S/C9H18O.C7H6O2/c1-7(2)5-9(10)6-8(3)4;8-7(9)6-4-2-1-3-5-6/h7-8H,5-6H2,1-4H3;1-5H,(H,8,9). The first-order valence-electron chi connectivity index (χ1n) is 6.63. The zero-order chi connectivity index (χ0) is 14.8. The molecule has 0 radical (unpaired) electrons. The molecule has 0 unspecified atom stereocenters. The molecule has 0 bridgehead atoms. The number of carbonyl (C=O) groups is 2. The van der Waals surface area contributed by atoms with Gasteiger partial charge in [-0.05, 0) is 24.0 Å². The molecule has 0 amide bonds. The molecule has 0 fully saturated rings. The third-order valence-electron chi connectivity index (χ3n) is 2.29. The van der Waals surface area contributed by atoms with Crippen LogP contribution in [0.25, 0.3) is 0 Å². The van der Waals surface area contributed by atoms with E-state index in [-0.39, 0.29) is 0 Å². The highest BCUT2D eigenvalue weighted by atomic mass is 16.4. The van der Waals surface area contributed by atoms with E-state index >= 15 is 0 Å². The number of carboxylic acid groups (broad SMARTS) is 1. The number of benzene rings is 1. The lowest BCUT2D eigenvalue weighted by Crippen LogP contribution is -2.05. The van der Waals surface area contributed by atoms with Crippen molar-refractivity contribution in [3.05, 3.63) is 35.9 Å². The lowest BCUT2D eigenvalue weighted by atomic mass is 10.00. The third-order valence-corrected chi connectivity index (χ3v) is 2.29. The van der Waals surface area contributed by atoms with Gasteiger partial charge in [0.2, 0.25) is 0 Å². The van der Waals surface area contributed by atoms with Crippen LogP contribution < -0.4 is 0 Å². The smallest absolute Gasteiger partial charge is 0.335 e. The fraction of sp³-hybridized carbons (Fsp3) is 0.500. The molecule has 19 heavy (non-hydrogen) atoms. The molecule has 1 aromatic rings. The normalized spacial score (nSPS) is 10.0. The van der Waals surface area contributed by atoms with Crippen LogP contribution in [0.4, 0.5) is 0 Å². The Balaban J connectivity index is 0.000000342. The number of carbonyl (C=O) groups excluding carboxylic acids is 1. The van der Waals surface area contributed by atoms with Gasteiger partial charge >= 0.3 is 5.97 Å². The average molecular weight is 264 g/mol. The van der Waals surface area contributed by atoms with E-state index in [0.717, 1.165) is 12.8 Å². The van der Waals surface area contributed by atoms with E-state index in [9.17, 15) is 9.59 Å². The molecule has 0 saturated heterocycles. The number of carboxylic acids is 1. The van der Waals surface area contributed by atoms with Gasteiger partial charge in [-0.15, -0.1) is 0 Å². The summed E-state index contributed by atoms with van der Waals surface area (Å²) in [4.78, 5) is 21.3. The summed E-state index contributed by atoms with van der Waals surface area (Å²) in [7, 11) is 0. The van der Waals surface area contributed by atoms with Crippen molar-refractivity contribution in [1.82, 2.24) is 0 Å². The number of hydrogen-bond acceptors (Lipinski definition) is 2. The monoisotopic (exact) mass is 264 g/mol. The summed E-state index contributed by atoms with van der Waals surface area (Å²) < 4.78 is 0. The van der Waals surface area contributed by atoms with E-state index in [1.807, 2.05) is 0 Å². The Labute approximate surface area is 115 Å². The summed E-state index contributed by atoms with van der Waals surface area (Å²) in [6.07, 6.45) is 1.50. The second kappa shape index (κ2) is 9.31. The van der Waals surface area contributed by atoms with Gasteiger partial charge in [0.1, 0.15) is 5.78 Å². The molecule has 0 aliphatic rings. The van der Waals surface area contributed by atoms with E-state index in [1.54, 1.807) is 30.3 Å². The largest absolute Gasteiger partial charge is 0.478 e. The second-order valence-corrected chi connectivity index (χ2v) is 5.41. The number of hydrogen-bond donors (Lipinski definition) is 1. The van der Waals surface area contributed by atoms with E-state index in [0.29, 0.717) is 23.2 Å². The molecular weight excluding hydrogens is 240 g/mol. The lowest BCUT2D eigenvalue weighted by Gasteiger charge is -2.05. The molecule has 0 atom stereocenters. The number of rotatable bonds is 5. The Kier molecular flexibility index (Phi) is 8.51. The zero-order valence-corrected chi connectivity index (χ0v) is 12.2. The predicted molar refractivity (Wildman–Crippen MR) is 77.3 cm³/mol. The van der Waals surface area contributed by atoms with Crippen molar-refractivity contribution in [2.24, 2.45) is 11.8 Å². The number of Topliss-reactive ketones (excluding diaryl/α,β-unsaturated/α-hetero) is 1. The maximum Gasteiger partial charge on any atom is 0.335 e. The van der Waals surface area contributed by atoms with Crippen LogP contribution in [0.15, 0.2) is 30.3 Å². The van der Waals surface area contributed by atoms with Crippen LogP contribution >= 0.6 is 0 Å². The maximum atomic E-state index is 11.1. The van der Waals surface area contributed by atoms with Crippen molar-refractivity contribution in [1.29, 1.82) is 0 Å². The molecule has 3 heteroatoms. The van der Waals surface area contributed by atoms with Gasteiger partial charge in [0.15, 0.2) is 0 Å². The molecule has 1 aromatic carbocycles. The Morgan fingerprint density at radius 1 is 0.947 bits per heavy atom. The fourth-order valence-corrected chi connectivity index (χ4v) is 1.57. The van der Waals surface area contributed by atoms with E-state index in [4.69, 9.17) is 5.11 Å². The average Bonchev–Trinajstić information content (AvgIpc) is 2.28. The summed E-state index contributed by atoms with van der Waals surface area (Å²) in [6, 6.07) is 8.30. The Bertz CT molecular complexity index is 368. The molecule has 106 valence electrons. The van der Waals surface area contributed by atoms with Crippen molar-refractivity contribution in [2.45, 2.75) is 40.5 Å². The predicted octanol–water partition coefficient (Wildman–Crippen LogP) is 4.03. The summed E-state index contributed by atoms with van der Waals surface area (Å²) in [6.45, 7) is 8.33. The molecule has 1 N–H and O–H groups in total. The lowest BCUT2D eigenvalue weighted by molar-refractivity contribution is -0.120. The van der Waals surface area contributed by atoms with Crippen LogP contribution in [0.5, 0.6) is 0 Å². The summed E-state index contributed by atoms with van der Waals surface area (Å²) in [5, 5.41) is 8.38. The van der Waals surface area contributed by atoms with Crippen LogP contribution in [0, 0.1) is 11.8 Å².